The van der Waals surface area contributed by atoms with Gasteiger partial charge in [0.15, 0.2) is 0 Å². The van der Waals surface area contributed by atoms with E-state index in [0.717, 1.165) is 18.8 Å². The molecule has 0 unspecified atom stereocenters. The molecule has 0 spiro atoms. The van der Waals surface area contributed by atoms with Crippen molar-refractivity contribution in [2.75, 3.05) is 13.6 Å². The lowest BCUT2D eigenvalue weighted by molar-refractivity contribution is 0.323. The monoisotopic (exact) mass is 268 g/mol. The second-order valence-corrected chi connectivity index (χ2v) is 3.56. The number of aromatic nitrogens is 1. The summed E-state index contributed by atoms with van der Waals surface area (Å²) in [7, 11) is 2.13. The smallest absolute Gasteiger partial charge is 0.0544 e. The molecule has 1 heterocycles. The molecule has 0 amide bonds. The molecule has 0 N–H and O–H groups in total. The summed E-state index contributed by atoms with van der Waals surface area (Å²) in [5.41, 5.74) is 2.38. The van der Waals surface area contributed by atoms with Crippen LogP contribution in [0.15, 0.2) is 18.3 Å². The summed E-state index contributed by atoms with van der Waals surface area (Å²) in [6.07, 6.45) is 3.12. The first-order valence-electron chi connectivity index (χ1n) is 7.82. The van der Waals surface area contributed by atoms with E-state index in [1.165, 1.54) is 12.0 Å². The van der Waals surface area contributed by atoms with Gasteiger partial charge in [-0.1, -0.05) is 54.5 Å². The van der Waals surface area contributed by atoms with Crippen LogP contribution >= 0.6 is 0 Å². The molecule has 0 radical (unpaired) electrons. The van der Waals surface area contributed by atoms with Gasteiger partial charge in [0, 0.05) is 12.7 Å². The van der Waals surface area contributed by atoms with E-state index in [4.69, 9.17) is 0 Å². The number of hydrogen-bond donors (Lipinski definition) is 0. The third kappa shape index (κ3) is 15.1. The molecule has 114 valence electrons. The first-order valence-corrected chi connectivity index (χ1v) is 7.82. The highest BCUT2D eigenvalue weighted by atomic mass is 15.1. The van der Waals surface area contributed by atoms with Gasteiger partial charge < -0.3 is 4.90 Å². The van der Waals surface area contributed by atoms with Crippen LogP contribution < -0.4 is 0 Å². The molecule has 1 rings (SSSR count). The van der Waals surface area contributed by atoms with Crippen molar-refractivity contribution < 1.29 is 0 Å². The molecule has 0 aliphatic heterocycles. The zero-order chi connectivity index (χ0) is 15.7. The van der Waals surface area contributed by atoms with Crippen LogP contribution in [-0.4, -0.2) is 23.5 Å². The van der Waals surface area contributed by atoms with E-state index in [0.29, 0.717) is 0 Å². The predicted octanol–water partition coefficient (Wildman–Crippen LogP) is 5.31. The van der Waals surface area contributed by atoms with Crippen LogP contribution in [0.25, 0.3) is 0 Å². The van der Waals surface area contributed by atoms with Gasteiger partial charge >= 0.3 is 0 Å². The van der Waals surface area contributed by atoms with Crippen LogP contribution in [0.1, 0.15) is 66.1 Å². The summed E-state index contributed by atoms with van der Waals surface area (Å²) in [5.74, 6) is 0. The second-order valence-electron chi connectivity index (χ2n) is 3.56. The van der Waals surface area contributed by atoms with E-state index >= 15 is 0 Å². The lowest BCUT2D eigenvalue weighted by Crippen LogP contribution is -2.19. The molecule has 2 heteroatoms. The Bertz CT molecular complexity index is 242. The van der Waals surface area contributed by atoms with Gasteiger partial charge in [0.25, 0.3) is 0 Å². The number of rotatable bonds is 4. The van der Waals surface area contributed by atoms with E-state index < -0.39 is 0 Å². The maximum atomic E-state index is 4.36. The molecule has 0 saturated carbocycles. The van der Waals surface area contributed by atoms with Crippen LogP contribution in [0.3, 0.4) is 0 Å². The fourth-order valence-electron chi connectivity index (χ4n) is 1.33. The molecule has 1 aromatic heterocycles. The molecule has 0 aliphatic carbocycles. The van der Waals surface area contributed by atoms with Gasteiger partial charge in [-0.2, -0.15) is 0 Å². The Kier molecular flexibility index (Phi) is 23.8. The summed E-state index contributed by atoms with van der Waals surface area (Å²) >= 11 is 0. The van der Waals surface area contributed by atoms with Gasteiger partial charge in [-0.15, -0.1) is 0 Å². The Morgan fingerprint density at radius 2 is 1.53 bits per heavy atom. The first kappa shape index (κ1) is 23.2. The first-order chi connectivity index (χ1) is 9.22. The van der Waals surface area contributed by atoms with E-state index in [9.17, 15) is 0 Å². The quantitative estimate of drug-likeness (QED) is 0.735. The van der Waals surface area contributed by atoms with E-state index in [1.54, 1.807) is 0 Å². The molecule has 0 saturated heterocycles. The topological polar surface area (TPSA) is 16.1 Å². The summed E-state index contributed by atoms with van der Waals surface area (Å²) in [5, 5.41) is 0. The largest absolute Gasteiger partial charge is 0.301 e. The second kappa shape index (κ2) is 19.4. The molecule has 19 heavy (non-hydrogen) atoms. The minimum absolute atomic E-state index is 0.952. The van der Waals surface area contributed by atoms with Crippen LogP contribution in [0.5, 0.6) is 0 Å². The third-order valence-corrected chi connectivity index (χ3v) is 2.01. The van der Waals surface area contributed by atoms with Crippen molar-refractivity contribution in [3.63, 3.8) is 0 Å². The Morgan fingerprint density at radius 3 is 1.89 bits per heavy atom. The Labute approximate surface area is 122 Å². The summed E-state index contributed by atoms with van der Waals surface area (Å²) in [6, 6.07) is 4.21. The summed E-state index contributed by atoms with van der Waals surface area (Å²) in [6.45, 7) is 18.3. The number of nitrogens with zero attached hydrogens (tertiary/aromatic N) is 2. The molecule has 0 atom stereocenters. The van der Waals surface area contributed by atoms with Crippen LogP contribution in [0.2, 0.25) is 0 Å². The molecular weight excluding hydrogens is 232 g/mol. The van der Waals surface area contributed by atoms with Gasteiger partial charge in [-0.25, -0.2) is 0 Å². The van der Waals surface area contributed by atoms with E-state index in [2.05, 4.69) is 42.9 Å². The highest BCUT2D eigenvalue weighted by Gasteiger charge is 1.98. The van der Waals surface area contributed by atoms with Crippen LogP contribution in [0, 0.1) is 6.92 Å². The molecule has 2 nitrogen and oxygen atoms in total. The average molecular weight is 268 g/mol. The van der Waals surface area contributed by atoms with Gasteiger partial charge in [0.1, 0.15) is 0 Å². The SMILES string of the molecule is CC.CC.CC.CCCN(C)Cc1ccc(C)cn1. The summed E-state index contributed by atoms with van der Waals surface area (Å²) < 4.78 is 0. The van der Waals surface area contributed by atoms with Crippen molar-refractivity contribution in [1.29, 1.82) is 0 Å². The van der Waals surface area contributed by atoms with Gasteiger partial charge in [-0.05, 0) is 38.6 Å². The van der Waals surface area contributed by atoms with Crippen molar-refractivity contribution >= 4 is 0 Å². The highest BCUT2D eigenvalue weighted by Crippen LogP contribution is 2.01. The molecule has 1 aromatic rings. The third-order valence-electron chi connectivity index (χ3n) is 2.01. The van der Waals surface area contributed by atoms with Crippen molar-refractivity contribution in [3.8, 4) is 0 Å². The molecule has 0 aromatic carbocycles. The lowest BCUT2D eigenvalue weighted by atomic mass is 10.2. The van der Waals surface area contributed by atoms with E-state index in [1.807, 2.05) is 47.7 Å². The van der Waals surface area contributed by atoms with Crippen LogP contribution in [-0.2, 0) is 6.54 Å². The Balaban J connectivity index is -0.000000375. The number of pyridine rings is 1. The van der Waals surface area contributed by atoms with Gasteiger partial charge in [0.2, 0.25) is 0 Å². The summed E-state index contributed by atoms with van der Waals surface area (Å²) in [4.78, 5) is 6.65. The molecule has 0 fully saturated rings. The Morgan fingerprint density at radius 1 is 1.00 bits per heavy atom. The van der Waals surface area contributed by atoms with Gasteiger partial charge in [0.05, 0.1) is 5.69 Å². The Hall–Kier alpha value is -0.890. The van der Waals surface area contributed by atoms with Crippen molar-refractivity contribution in [2.45, 2.75) is 68.4 Å². The van der Waals surface area contributed by atoms with E-state index in [-0.39, 0.29) is 0 Å². The number of aryl methyl sites for hydroxylation is 1. The minimum Gasteiger partial charge on any atom is -0.301 e. The predicted molar refractivity (Wildman–Crippen MR) is 89.6 cm³/mol. The van der Waals surface area contributed by atoms with Crippen LogP contribution in [0.4, 0.5) is 0 Å². The normalized spacial score (nSPS) is 8.32. The minimum atomic E-state index is 0.952. The van der Waals surface area contributed by atoms with Crippen molar-refractivity contribution in [2.24, 2.45) is 0 Å². The standard InChI is InChI=1S/C11H18N2.3C2H6/c1-4-7-13(3)9-11-6-5-10(2)8-12-11;3*1-2/h5-6,8H,4,7,9H2,1-3H3;3*1-2H3. The molecule has 0 aliphatic rings. The fraction of sp³-hybridized carbons (Fsp3) is 0.706. The zero-order valence-electron chi connectivity index (χ0n) is 14.7. The zero-order valence-corrected chi connectivity index (χ0v) is 14.7. The maximum Gasteiger partial charge on any atom is 0.0544 e. The lowest BCUT2D eigenvalue weighted by Gasteiger charge is -2.14. The fourth-order valence-corrected chi connectivity index (χ4v) is 1.33. The average Bonchev–Trinajstić information content (AvgIpc) is 2.48. The molecule has 0 bridgehead atoms. The highest BCUT2D eigenvalue weighted by molar-refractivity contribution is 5.11. The number of hydrogen-bond acceptors (Lipinski definition) is 2. The maximum absolute atomic E-state index is 4.36. The van der Waals surface area contributed by atoms with Gasteiger partial charge in [-0.3, -0.25) is 4.98 Å². The van der Waals surface area contributed by atoms with Crippen molar-refractivity contribution in [3.05, 3.63) is 29.6 Å². The van der Waals surface area contributed by atoms with Crippen molar-refractivity contribution in [1.82, 2.24) is 9.88 Å². The molecular formula is C17H36N2.